The fourth-order valence-corrected chi connectivity index (χ4v) is 2.75. The van der Waals surface area contributed by atoms with Crippen LogP contribution < -0.4 is 15.6 Å². The zero-order chi connectivity index (χ0) is 17.3. The Morgan fingerprint density at radius 2 is 2.21 bits per heavy atom. The molecule has 1 aromatic carbocycles. The van der Waals surface area contributed by atoms with Crippen molar-refractivity contribution < 1.29 is 14.1 Å². The molecular formula is C17H19N3O4. The number of aromatic amines is 2. The fraction of sp³-hybridized carbons (Fsp3) is 0.294. The highest BCUT2D eigenvalue weighted by atomic mass is 16.5. The molecule has 1 atom stereocenters. The minimum Gasteiger partial charge on any atom is -0.497 e. The summed E-state index contributed by atoms with van der Waals surface area (Å²) in [7, 11) is 1.63. The van der Waals surface area contributed by atoms with Gasteiger partial charge < -0.3 is 19.6 Å². The number of amides is 1. The molecular weight excluding hydrogens is 310 g/mol. The molecule has 0 aliphatic carbocycles. The SMILES string of the molecule is COc1ccc2[nH]cc(C(C)CNC(=O)c3c(C)o[nH]c3=O)c2c1. The number of rotatable bonds is 5. The lowest BCUT2D eigenvalue weighted by Crippen LogP contribution is -2.31. The summed E-state index contributed by atoms with van der Waals surface area (Å²) in [5, 5.41) is 5.99. The maximum atomic E-state index is 12.2. The third-order valence-electron chi connectivity index (χ3n) is 4.12. The number of benzene rings is 1. The number of aromatic nitrogens is 2. The Kier molecular flexibility index (Phi) is 4.16. The van der Waals surface area contributed by atoms with Crippen molar-refractivity contribution in [3.63, 3.8) is 0 Å². The third-order valence-corrected chi connectivity index (χ3v) is 4.12. The van der Waals surface area contributed by atoms with Gasteiger partial charge in [0.25, 0.3) is 11.5 Å². The van der Waals surface area contributed by atoms with Gasteiger partial charge in [-0.3, -0.25) is 9.59 Å². The molecule has 0 bridgehead atoms. The number of carbonyl (C=O) groups is 1. The summed E-state index contributed by atoms with van der Waals surface area (Å²) in [6.45, 7) is 3.98. The number of hydrogen-bond donors (Lipinski definition) is 3. The van der Waals surface area contributed by atoms with Gasteiger partial charge in [0.2, 0.25) is 0 Å². The monoisotopic (exact) mass is 329 g/mol. The van der Waals surface area contributed by atoms with Gasteiger partial charge in [-0.25, -0.2) is 0 Å². The molecule has 0 saturated carbocycles. The van der Waals surface area contributed by atoms with E-state index in [9.17, 15) is 9.59 Å². The smallest absolute Gasteiger partial charge is 0.293 e. The van der Waals surface area contributed by atoms with Crippen molar-refractivity contribution in [3.05, 3.63) is 51.6 Å². The van der Waals surface area contributed by atoms with Crippen LogP contribution in [0.2, 0.25) is 0 Å². The van der Waals surface area contributed by atoms with E-state index in [-0.39, 0.29) is 17.2 Å². The molecule has 126 valence electrons. The Morgan fingerprint density at radius 3 is 2.88 bits per heavy atom. The zero-order valence-electron chi connectivity index (χ0n) is 13.7. The minimum atomic E-state index is -0.519. The summed E-state index contributed by atoms with van der Waals surface area (Å²) in [6, 6.07) is 5.81. The quantitative estimate of drug-likeness (QED) is 0.668. The van der Waals surface area contributed by atoms with E-state index in [1.165, 1.54) is 0 Å². The summed E-state index contributed by atoms with van der Waals surface area (Å²) < 4.78 is 10.1. The molecule has 2 heterocycles. The number of nitrogens with one attached hydrogen (secondary N) is 3. The lowest BCUT2D eigenvalue weighted by Gasteiger charge is -2.12. The molecule has 1 unspecified atom stereocenters. The van der Waals surface area contributed by atoms with Crippen LogP contribution in [0.15, 0.2) is 33.7 Å². The summed E-state index contributed by atoms with van der Waals surface area (Å²) in [4.78, 5) is 27.0. The van der Waals surface area contributed by atoms with E-state index in [4.69, 9.17) is 9.26 Å². The number of H-pyrrole nitrogens is 2. The van der Waals surface area contributed by atoms with Crippen molar-refractivity contribution in [2.75, 3.05) is 13.7 Å². The topological polar surface area (TPSA) is 100 Å². The van der Waals surface area contributed by atoms with Gasteiger partial charge in [-0.1, -0.05) is 6.92 Å². The molecule has 24 heavy (non-hydrogen) atoms. The fourth-order valence-electron chi connectivity index (χ4n) is 2.75. The Morgan fingerprint density at radius 1 is 1.42 bits per heavy atom. The standard InChI is InChI=1S/C17H19N3O4/c1-9(7-19-16(21)15-10(2)24-20-17(15)22)13-8-18-14-5-4-11(23-3)6-12(13)14/h4-6,8-9,18H,7H2,1-3H3,(H,19,21)(H,20,22). The van der Waals surface area contributed by atoms with Crippen molar-refractivity contribution in [1.82, 2.24) is 15.5 Å². The molecule has 3 rings (SSSR count). The van der Waals surface area contributed by atoms with Crippen LogP contribution in [0.25, 0.3) is 10.9 Å². The molecule has 3 aromatic rings. The molecule has 7 nitrogen and oxygen atoms in total. The van der Waals surface area contributed by atoms with Gasteiger partial charge in [0, 0.05) is 29.6 Å². The van der Waals surface area contributed by atoms with Crippen LogP contribution >= 0.6 is 0 Å². The van der Waals surface area contributed by atoms with Crippen molar-refractivity contribution in [1.29, 1.82) is 0 Å². The van der Waals surface area contributed by atoms with Crippen LogP contribution in [-0.4, -0.2) is 29.7 Å². The van der Waals surface area contributed by atoms with Crippen LogP contribution in [0.3, 0.4) is 0 Å². The molecule has 3 N–H and O–H groups in total. The van der Waals surface area contributed by atoms with E-state index in [1.807, 2.05) is 31.3 Å². The molecule has 1 amide bonds. The summed E-state index contributed by atoms with van der Waals surface area (Å²) in [5.41, 5.74) is 1.57. The highest BCUT2D eigenvalue weighted by Gasteiger charge is 2.19. The van der Waals surface area contributed by atoms with Crippen molar-refractivity contribution in [2.24, 2.45) is 0 Å². The Balaban J connectivity index is 1.77. The summed E-state index contributed by atoms with van der Waals surface area (Å²) in [5.74, 6) is 0.676. The van der Waals surface area contributed by atoms with E-state index in [0.29, 0.717) is 6.54 Å². The van der Waals surface area contributed by atoms with E-state index >= 15 is 0 Å². The van der Waals surface area contributed by atoms with Gasteiger partial charge in [0.05, 0.1) is 7.11 Å². The second kappa shape index (κ2) is 6.27. The molecule has 7 heteroatoms. The lowest BCUT2D eigenvalue weighted by atomic mass is 10.00. The maximum Gasteiger partial charge on any atom is 0.293 e. The first-order chi connectivity index (χ1) is 11.5. The van der Waals surface area contributed by atoms with E-state index in [0.717, 1.165) is 22.2 Å². The van der Waals surface area contributed by atoms with Crippen LogP contribution in [0.4, 0.5) is 0 Å². The first-order valence-corrected chi connectivity index (χ1v) is 7.62. The van der Waals surface area contributed by atoms with Gasteiger partial charge in [-0.05, 0) is 30.7 Å². The maximum absolute atomic E-state index is 12.2. The number of hydrogen-bond acceptors (Lipinski definition) is 4. The van der Waals surface area contributed by atoms with Crippen LogP contribution in [0.1, 0.15) is 34.5 Å². The summed E-state index contributed by atoms with van der Waals surface area (Å²) in [6.07, 6.45) is 1.93. The third kappa shape index (κ3) is 2.80. The van der Waals surface area contributed by atoms with E-state index in [2.05, 4.69) is 15.5 Å². The van der Waals surface area contributed by atoms with Gasteiger partial charge in [-0.2, -0.15) is 5.16 Å². The predicted molar refractivity (Wildman–Crippen MR) is 89.7 cm³/mol. The van der Waals surface area contributed by atoms with Crippen molar-refractivity contribution in [2.45, 2.75) is 19.8 Å². The average Bonchev–Trinajstić information content (AvgIpc) is 3.15. The normalized spacial score (nSPS) is 12.3. The molecule has 0 spiro atoms. The molecule has 0 aliphatic heterocycles. The largest absolute Gasteiger partial charge is 0.497 e. The van der Waals surface area contributed by atoms with Gasteiger partial charge in [0.1, 0.15) is 17.1 Å². The second-order valence-corrected chi connectivity index (χ2v) is 5.73. The Bertz CT molecular complexity index is 935. The molecule has 2 aromatic heterocycles. The molecule has 0 aliphatic rings. The number of methoxy groups -OCH3 is 1. The van der Waals surface area contributed by atoms with Gasteiger partial charge in [0.15, 0.2) is 0 Å². The van der Waals surface area contributed by atoms with Crippen LogP contribution in [0.5, 0.6) is 5.75 Å². The summed E-state index contributed by atoms with van der Waals surface area (Å²) >= 11 is 0. The molecule has 0 fully saturated rings. The van der Waals surface area contributed by atoms with Gasteiger partial charge in [-0.15, -0.1) is 0 Å². The lowest BCUT2D eigenvalue weighted by molar-refractivity contribution is 0.0949. The highest BCUT2D eigenvalue weighted by molar-refractivity contribution is 5.94. The van der Waals surface area contributed by atoms with Crippen molar-refractivity contribution >= 4 is 16.8 Å². The Labute approximate surface area is 138 Å². The number of ether oxygens (including phenoxy) is 1. The van der Waals surface area contributed by atoms with Gasteiger partial charge >= 0.3 is 0 Å². The number of aryl methyl sites for hydroxylation is 1. The predicted octanol–water partition coefficient (Wildman–Crippen LogP) is 2.30. The average molecular weight is 329 g/mol. The molecule has 0 radical (unpaired) electrons. The van der Waals surface area contributed by atoms with E-state index in [1.54, 1.807) is 14.0 Å². The van der Waals surface area contributed by atoms with Crippen LogP contribution in [-0.2, 0) is 0 Å². The van der Waals surface area contributed by atoms with E-state index < -0.39 is 11.5 Å². The zero-order valence-corrected chi connectivity index (χ0v) is 13.7. The Hall–Kier alpha value is -2.96. The van der Waals surface area contributed by atoms with Crippen LogP contribution in [0, 0.1) is 6.92 Å². The first kappa shape index (κ1) is 15.9. The number of carbonyl (C=O) groups excluding carboxylic acids is 1. The van der Waals surface area contributed by atoms with Crippen molar-refractivity contribution in [3.8, 4) is 5.75 Å². The first-order valence-electron chi connectivity index (χ1n) is 7.62. The number of fused-ring (bicyclic) bond motifs is 1. The molecule has 0 saturated heterocycles. The second-order valence-electron chi connectivity index (χ2n) is 5.73. The highest BCUT2D eigenvalue weighted by Crippen LogP contribution is 2.28. The minimum absolute atomic E-state index is 0.0165.